The van der Waals surface area contributed by atoms with E-state index in [2.05, 4.69) is 122 Å². The van der Waals surface area contributed by atoms with Crippen molar-refractivity contribution in [3.63, 3.8) is 0 Å². The van der Waals surface area contributed by atoms with Crippen molar-refractivity contribution in [3.8, 4) is 17.4 Å². The Hall–Kier alpha value is -4.81. The number of nitrogens with zero attached hydrogens (tertiary/aromatic N) is 3. The van der Waals surface area contributed by atoms with E-state index in [0.29, 0.717) is 5.56 Å². The lowest BCUT2D eigenvalue weighted by atomic mass is 10.1. The summed E-state index contributed by atoms with van der Waals surface area (Å²) in [5.74, 6) is 0. The van der Waals surface area contributed by atoms with Gasteiger partial charge in [-0.05, 0) is 94.4 Å². The zero-order chi connectivity index (χ0) is 26.1. The van der Waals surface area contributed by atoms with Gasteiger partial charge in [0.15, 0.2) is 0 Å². The fourth-order valence-electron chi connectivity index (χ4n) is 5.98. The lowest BCUT2D eigenvalue weighted by molar-refractivity contribution is 1.09. The van der Waals surface area contributed by atoms with Crippen LogP contribution in [0.15, 0.2) is 91.0 Å². The van der Waals surface area contributed by atoms with Crippen molar-refractivity contribution < 1.29 is 0 Å². The summed E-state index contributed by atoms with van der Waals surface area (Å²) in [5.41, 5.74) is 12.2. The standard InChI is InChI=1S/C35H27N3/c1-21-5-10-30-26(15-21)27-16-22(2)6-11-31(27)37(30)34-14-9-25(20-36)19-35(34)38-32-12-7-23(3)17-28(32)29-18-24(4)8-13-33(29)38/h5-19H,1-4H3. The Bertz CT molecular complexity index is 2010. The molecule has 0 aliphatic heterocycles. The third-order valence-corrected chi connectivity index (χ3v) is 7.74. The molecule has 7 rings (SSSR count). The number of aryl methyl sites for hydroxylation is 4. The van der Waals surface area contributed by atoms with Gasteiger partial charge in [-0.3, -0.25) is 0 Å². The van der Waals surface area contributed by atoms with Gasteiger partial charge in [0.25, 0.3) is 0 Å². The number of hydrogen-bond donors (Lipinski definition) is 0. The molecule has 0 spiro atoms. The second-order valence-electron chi connectivity index (χ2n) is 10.6. The monoisotopic (exact) mass is 489 g/mol. The number of benzene rings is 5. The van der Waals surface area contributed by atoms with Gasteiger partial charge >= 0.3 is 0 Å². The molecule has 0 atom stereocenters. The number of nitriles is 1. The minimum Gasteiger partial charge on any atom is -0.307 e. The molecule has 0 N–H and O–H groups in total. The number of rotatable bonds is 2. The third-order valence-electron chi connectivity index (χ3n) is 7.74. The highest BCUT2D eigenvalue weighted by atomic mass is 15.1. The normalized spacial score (nSPS) is 11.7. The molecule has 2 aromatic heterocycles. The van der Waals surface area contributed by atoms with E-state index in [1.165, 1.54) is 43.8 Å². The molecule has 0 saturated carbocycles. The summed E-state index contributed by atoms with van der Waals surface area (Å²) < 4.78 is 4.69. The second-order valence-corrected chi connectivity index (χ2v) is 10.6. The first-order valence-electron chi connectivity index (χ1n) is 13.0. The average Bonchev–Trinajstić information content (AvgIpc) is 3.39. The minimum atomic E-state index is 0.644. The summed E-state index contributed by atoms with van der Waals surface area (Å²) >= 11 is 0. The van der Waals surface area contributed by atoms with Crippen LogP contribution >= 0.6 is 0 Å². The Morgan fingerprint density at radius 2 is 0.816 bits per heavy atom. The molecule has 0 aliphatic carbocycles. The van der Waals surface area contributed by atoms with Crippen molar-refractivity contribution in [1.82, 2.24) is 9.13 Å². The molecule has 0 bridgehead atoms. The van der Waals surface area contributed by atoms with Crippen molar-refractivity contribution in [2.24, 2.45) is 0 Å². The van der Waals surface area contributed by atoms with Crippen molar-refractivity contribution in [3.05, 3.63) is 119 Å². The van der Waals surface area contributed by atoms with Crippen LogP contribution in [0.5, 0.6) is 0 Å². The van der Waals surface area contributed by atoms with Gasteiger partial charge in [0, 0.05) is 21.5 Å². The predicted octanol–water partition coefficient (Wildman–Crippen LogP) is 8.99. The highest BCUT2D eigenvalue weighted by Gasteiger charge is 2.20. The molecule has 182 valence electrons. The lowest BCUT2D eigenvalue weighted by Gasteiger charge is -2.17. The van der Waals surface area contributed by atoms with Crippen LogP contribution in [0.25, 0.3) is 55.0 Å². The predicted molar refractivity (Wildman–Crippen MR) is 159 cm³/mol. The highest BCUT2D eigenvalue weighted by molar-refractivity contribution is 6.12. The topological polar surface area (TPSA) is 33.6 Å². The highest BCUT2D eigenvalue weighted by Crippen LogP contribution is 2.39. The molecule has 0 amide bonds. The minimum absolute atomic E-state index is 0.644. The molecule has 0 unspecified atom stereocenters. The smallest absolute Gasteiger partial charge is 0.0992 e. The number of aromatic nitrogens is 2. The van der Waals surface area contributed by atoms with Gasteiger partial charge in [-0.25, -0.2) is 0 Å². The Balaban J connectivity index is 1.67. The fraction of sp³-hybridized carbons (Fsp3) is 0.114. The Labute approximate surface area is 221 Å². The maximum absolute atomic E-state index is 9.92. The second kappa shape index (κ2) is 8.10. The van der Waals surface area contributed by atoms with E-state index in [1.807, 2.05) is 12.1 Å². The largest absolute Gasteiger partial charge is 0.307 e. The van der Waals surface area contributed by atoms with Crippen molar-refractivity contribution >= 4 is 43.6 Å². The van der Waals surface area contributed by atoms with Gasteiger partial charge < -0.3 is 9.13 Å². The summed E-state index contributed by atoms with van der Waals surface area (Å²) in [7, 11) is 0. The SMILES string of the molecule is Cc1ccc2c(c1)c1cc(C)ccc1n2-c1ccc(C#N)cc1-n1c2ccc(C)cc2c2cc(C)ccc21. The molecule has 5 aromatic carbocycles. The Morgan fingerprint density at radius 1 is 0.447 bits per heavy atom. The summed E-state index contributed by atoms with van der Waals surface area (Å²) in [4.78, 5) is 0. The average molecular weight is 490 g/mol. The van der Waals surface area contributed by atoms with E-state index in [9.17, 15) is 5.26 Å². The lowest BCUT2D eigenvalue weighted by Crippen LogP contribution is -2.04. The molecule has 2 heterocycles. The molecule has 0 fully saturated rings. The van der Waals surface area contributed by atoms with Crippen LogP contribution in [0.3, 0.4) is 0 Å². The van der Waals surface area contributed by atoms with E-state index in [4.69, 9.17) is 0 Å². The van der Waals surface area contributed by atoms with Gasteiger partial charge in [0.1, 0.15) is 0 Å². The van der Waals surface area contributed by atoms with Gasteiger partial charge in [-0.2, -0.15) is 5.26 Å². The zero-order valence-corrected chi connectivity index (χ0v) is 22.0. The van der Waals surface area contributed by atoms with E-state index in [-0.39, 0.29) is 0 Å². The van der Waals surface area contributed by atoms with E-state index in [1.54, 1.807) is 0 Å². The molecule has 0 radical (unpaired) electrons. The van der Waals surface area contributed by atoms with Gasteiger partial charge in [0.2, 0.25) is 0 Å². The Kier molecular flexibility index (Phi) is 4.77. The molecule has 7 aromatic rings. The van der Waals surface area contributed by atoms with Crippen molar-refractivity contribution in [2.45, 2.75) is 27.7 Å². The summed E-state index contributed by atoms with van der Waals surface area (Å²) in [6.07, 6.45) is 0. The van der Waals surface area contributed by atoms with Crippen molar-refractivity contribution in [2.75, 3.05) is 0 Å². The quantitative estimate of drug-likeness (QED) is 0.238. The molecular formula is C35H27N3. The van der Waals surface area contributed by atoms with Crippen LogP contribution in [0.1, 0.15) is 27.8 Å². The first-order chi connectivity index (χ1) is 18.4. The molecule has 38 heavy (non-hydrogen) atoms. The summed E-state index contributed by atoms with van der Waals surface area (Å²) in [6, 6.07) is 35.1. The Morgan fingerprint density at radius 3 is 1.18 bits per heavy atom. The van der Waals surface area contributed by atoms with Crippen molar-refractivity contribution in [1.29, 1.82) is 5.26 Å². The van der Waals surface area contributed by atoms with Crippen LogP contribution < -0.4 is 0 Å². The third kappa shape index (κ3) is 3.20. The molecular weight excluding hydrogens is 462 g/mol. The van der Waals surface area contributed by atoms with Crippen LogP contribution in [0, 0.1) is 39.0 Å². The first kappa shape index (κ1) is 22.4. The first-order valence-corrected chi connectivity index (χ1v) is 13.0. The number of hydrogen-bond acceptors (Lipinski definition) is 1. The van der Waals surface area contributed by atoms with E-state index < -0.39 is 0 Å². The maximum atomic E-state index is 9.92. The maximum Gasteiger partial charge on any atom is 0.0992 e. The van der Waals surface area contributed by atoms with E-state index in [0.717, 1.165) is 33.4 Å². The molecule has 3 nitrogen and oxygen atoms in total. The van der Waals surface area contributed by atoms with Crippen LogP contribution in [0.2, 0.25) is 0 Å². The van der Waals surface area contributed by atoms with Crippen LogP contribution in [-0.2, 0) is 0 Å². The van der Waals surface area contributed by atoms with E-state index >= 15 is 0 Å². The van der Waals surface area contributed by atoms with Crippen LogP contribution in [-0.4, -0.2) is 9.13 Å². The van der Waals surface area contributed by atoms with Gasteiger partial charge in [0.05, 0.1) is 45.1 Å². The summed E-state index contributed by atoms with van der Waals surface area (Å²) in [5, 5.41) is 14.9. The molecule has 3 heteroatoms. The van der Waals surface area contributed by atoms with Gasteiger partial charge in [-0.1, -0.05) is 46.5 Å². The fourth-order valence-corrected chi connectivity index (χ4v) is 5.98. The summed E-state index contributed by atoms with van der Waals surface area (Å²) in [6.45, 7) is 8.58. The number of fused-ring (bicyclic) bond motifs is 6. The van der Waals surface area contributed by atoms with Gasteiger partial charge in [-0.15, -0.1) is 0 Å². The zero-order valence-electron chi connectivity index (χ0n) is 22.0. The van der Waals surface area contributed by atoms with Crippen LogP contribution in [0.4, 0.5) is 0 Å². The molecule has 0 aliphatic rings. The molecule has 0 saturated heterocycles.